The number of hydrogen-bond acceptors (Lipinski definition) is 5. The summed E-state index contributed by atoms with van der Waals surface area (Å²) in [7, 11) is 1.34. The fourth-order valence-electron chi connectivity index (χ4n) is 2.11. The lowest BCUT2D eigenvalue weighted by Crippen LogP contribution is -2.41. The van der Waals surface area contributed by atoms with Crippen molar-refractivity contribution in [1.29, 1.82) is 0 Å². The van der Waals surface area contributed by atoms with Gasteiger partial charge in [0.2, 0.25) is 0 Å². The molecule has 0 spiro atoms. The minimum atomic E-state index is -0.566. The van der Waals surface area contributed by atoms with E-state index in [4.69, 9.17) is 14.2 Å². The van der Waals surface area contributed by atoms with Crippen LogP contribution in [0.4, 0.5) is 4.79 Å². The topological polar surface area (TPSA) is 73.9 Å². The Hall–Kier alpha value is -2.34. The minimum Gasteiger partial charge on any atom is -0.465 e. The van der Waals surface area contributed by atoms with Crippen molar-refractivity contribution < 1.29 is 23.8 Å². The molecule has 0 heterocycles. The van der Waals surface area contributed by atoms with Crippen molar-refractivity contribution in [2.75, 3.05) is 13.7 Å². The summed E-state index contributed by atoms with van der Waals surface area (Å²) in [5.41, 5.74) is 0.623. The molecule has 1 unspecified atom stereocenters. The number of ether oxygens (including phenoxy) is 3. The Labute approximate surface area is 149 Å². The summed E-state index contributed by atoms with van der Waals surface area (Å²) in [6.07, 6.45) is 1.74. The Kier molecular flexibility index (Phi) is 8.15. The smallest absolute Gasteiger partial charge is 0.407 e. The van der Waals surface area contributed by atoms with Crippen LogP contribution in [0.25, 0.3) is 0 Å². The number of esters is 1. The Morgan fingerprint density at radius 1 is 1.28 bits per heavy atom. The fourth-order valence-corrected chi connectivity index (χ4v) is 2.11. The van der Waals surface area contributed by atoms with Gasteiger partial charge in [0.1, 0.15) is 5.60 Å². The molecule has 138 valence electrons. The number of benzene rings is 1. The Balaban J connectivity index is 2.60. The summed E-state index contributed by atoms with van der Waals surface area (Å²) in [5, 5.41) is 2.76. The van der Waals surface area contributed by atoms with E-state index in [9.17, 15) is 9.59 Å². The van der Waals surface area contributed by atoms with Gasteiger partial charge >= 0.3 is 12.1 Å². The van der Waals surface area contributed by atoms with Crippen molar-refractivity contribution in [3.05, 3.63) is 48.0 Å². The molecule has 25 heavy (non-hydrogen) atoms. The van der Waals surface area contributed by atoms with Crippen LogP contribution < -0.4 is 5.32 Å². The highest BCUT2D eigenvalue weighted by Gasteiger charge is 2.19. The van der Waals surface area contributed by atoms with Crippen molar-refractivity contribution >= 4 is 12.1 Å². The largest absolute Gasteiger partial charge is 0.465 e. The first-order valence-electron chi connectivity index (χ1n) is 8.11. The van der Waals surface area contributed by atoms with E-state index < -0.39 is 17.7 Å². The third-order valence-electron chi connectivity index (χ3n) is 3.17. The fraction of sp³-hybridized carbons (Fsp3) is 0.474. The van der Waals surface area contributed by atoms with Crippen LogP contribution in [0.5, 0.6) is 0 Å². The van der Waals surface area contributed by atoms with Crippen LogP contribution in [0.3, 0.4) is 0 Å². The SMILES string of the molecule is C=CCC(COCc1ccccc1C(=O)OC)NC(=O)OC(C)(C)C. The van der Waals surface area contributed by atoms with E-state index in [1.165, 1.54) is 7.11 Å². The number of methoxy groups -OCH3 is 1. The van der Waals surface area contributed by atoms with Crippen LogP contribution in [0, 0.1) is 0 Å². The van der Waals surface area contributed by atoms with E-state index in [0.29, 0.717) is 12.0 Å². The molecular weight excluding hydrogens is 322 g/mol. The molecule has 1 aromatic rings. The molecule has 0 aromatic heterocycles. The van der Waals surface area contributed by atoms with E-state index in [2.05, 4.69) is 11.9 Å². The summed E-state index contributed by atoms with van der Waals surface area (Å²) >= 11 is 0. The summed E-state index contributed by atoms with van der Waals surface area (Å²) in [5.74, 6) is -0.409. The van der Waals surface area contributed by atoms with Gasteiger partial charge in [-0.3, -0.25) is 0 Å². The van der Waals surface area contributed by atoms with Gasteiger partial charge in [-0.25, -0.2) is 9.59 Å². The lowest BCUT2D eigenvalue weighted by Gasteiger charge is -2.23. The molecule has 0 radical (unpaired) electrons. The number of alkyl carbamates (subject to hydrolysis) is 1. The number of amides is 1. The molecule has 1 N–H and O–H groups in total. The monoisotopic (exact) mass is 349 g/mol. The van der Waals surface area contributed by atoms with Gasteiger partial charge in [-0.2, -0.15) is 0 Å². The summed E-state index contributed by atoms with van der Waals surface area (Å²) in [4.78, 5) is 23.6. The average molecular weight is 349 g/mol. The summed E-state index contributed by atoms with van der Waals surface area (Å²) in [6, 6.07) is 6.81. The number of carbonyl (C=O) groups excluding carboxylic acids is 2. The van der Waals surface area contributed by atoms with E-state index in [1.54, 1.807) is 45.0 Å². The minimum absolute atomic E-state index is 0.231. The molecule has 6 heteroatoms. The van der Waals surface area contributed by atoms with Gasteiger partial charge in [0, 0.05) is 0 Å². The van der Waals surface area contributed by atoms with Crippen LogP contribution in [0.15, 0.2) is 36.9 Å². The third-order valence-corrected chi connectivity index (χ3v) is 3.17. The van der Waals surface area contributed by atoms with Crippen LogP contribution in [0.2, 0.25) is 0 Å². The Morgan fingerprint density at radius 2 is 1.96 bits per heavy atom. The second-order valence-electron chi connectivity index (χ2n) is 6.53. The lowest BCUT2D eigenvalue weighted by molar-refractivity contribution is 0.0430. The molecule has 1 atom stereocenters. The van der Waals surface area contributed by atoms with Crippen LogP contribution in [0.1, 0.15) is 43.1 Å². The van der Waals surface area contributed by atoms with E-state index in [-0.39, 0.29) is 19.3 Å². The first-order valence-corrected chi connectivity index (χ1v) is 8.11. The molecule has 0 bridgehead atoms. The number of rotatable bonds is 8. The van der Waals surface area contributed by atoms with Crippen molar-refractivity contribution in [1.82, 2.24) is 5.32 Å². The van der Waals surface area contributed by atoms with Gasteiger partial charge in [-0.1, -0.05) is 24.3 Å². The normalized spacial score (nSPS) is 12.2. The highest BCUT2D eigenvalue weighted by Crippen LogP contribution is 2.12. The first-order chi connectivity index (χ1) is 11.8. The van der Waals surface area contributed by atoms with Gasteiger partial charge in [0.25, 0.3) is 0 Å². The second kappa shape index (κ2) is 9.84. The standard InChI is InChI=1S/C19H27NO5/c1-6-9-15(20-18(22)25-19(2,3)4)13-24-12-14-10-7-8-11-16(14)17(21)23-5/h6-8,10-11,15H,1,9,12-13H2,2-5H3,(H,20,22). The van der Waals surface area contributed by atoms with Gasteiger partial charge in [-0.15, -0.1) is 6.58 Å². The Bertz CT molecular complexity index is 592. The maximum absolute atomic E-state index is 11.9. The van der Waals surface area contributed by atoms with Gasteiger partial charge in [-0.05, 0) is 38.8 Å². The number of hydrogen-bond donors (Lipinski definition) is 1. The molecule has 0 aliphatic rings. The number of carbonyl (C=O) groups is 2. The molecule has 0 saturated heterocycles. The van der Waals surface area contributed by atoms with Crippen molar-refractivity contribution in [3.8, 4) is 0 Å². The first kappa shape index (κ1) is 20.7. The zero-order valence-electron chi connectivity index (χ0n) is 15.3. The predicted molar refractivity (Wildman–Crippen MR) is 95.4 cm³/mol. The third kappa shape index (κ3) is 7.85. The zero-order chi connectivity index (χ0) is 18.9. The zero-order valence-corrected chi connectivity index (χ0v) is 15.3. The Morgan fingerprint density at radius 3 is 2.56 bits per heavy atom. The maximum Gasteiger partial charge on any atom is 0.407 e. The van der Waals surface area contributed by atoms with Gasteiger partial charge < -0.3 is 19.5 Å². The molecule has 0 aliphatic carbocycles. The molecule has 0 saturated carbocycles. The second-order valence-corrected chi connectivity index (χ2v) is 6.53. The molecule has 1 rings (SSSR count). The van der Waals surface area contributed by atoms with Crippen molar-refractivity contribution in [2.24, 2.45) is 0 Å². The van der Waals surface area contributed by atoms with E-state index in [1.807, 2.05) is 6.07 Å². The predicted octanol–water partition coefficient (Wildman–Crippen LogP) is 3.46. The quantitative estimate of drug-likeness (QED) is 0.575. The van der Waals surface area contributed by atoms with Crippen molar-refractivity contribution in [2.45, 2.75) is 45.4 Å². The van der Waals surface area contributed by atoms with E-state index in [0.717, 1.165) is 5.56 Å². The highest BCUT2D eigenvalue weighted by molar-refractivity contribution is 5.90. The lowest BCUT2D eigenvalue weighted by atomic mass is 10.1. The van der Waals surface area contributed by atoms with Gasteiger partial charge in [0.15, 0.2) is 0 Å². The molecular formula is C19H27NO5. The summed E-state index contributed by atoms with van der Waals surface area (Å²) < 4.78 is 15.7. The van der Waals surface area contributed by atoms with Gasteiger partial charge in [0.05, 0.1) is 31.9 Å². The van der Waals surface area contributed by atoms with Crippen LogP contribution in [-0.2, 0) is 20.8 Å². The molecule has 1 aromatic carbocycles. The molecule has 6 nitrogen and oxygen atoms in total. The number of nitrogens with one attached hydrogen (secondary N) is 1. The molecule has 0 fully saturated rings. The average Bonchev–Trinajstić information content (AvgIpc) is 2.53. The van der Waals surface area contributed by atoms with E-state index >= 15 is 0 Å². The van der Waals surface area contributed by atoms with Crippen molar-refractivity contribution in [3.63, 3.8) is 0 Å². The van der Waals surface area contributed by atoms with Crippen LogP contribution in [-0.4, -0.2) is 37.4 Å². The highest BCUT2D eigenvalue weighted by atomic mass is 16.6. The molecule has 0 aliphatic heterocycles. The van der Waals surface area contributed by atoms with Crippen LogP contribution >= 0.6 is 0 Å². The maximum atomic E-state index is 11.9. The summed E-state index contributed by atoms with van der Waals surface area (Å²) in [6.45, 7) is 9.59. The molecule has 1 amide bonds.